The van der Waals surface area contributed by atoms with Gasteiger partial charge in [-0.25, -0.2) is 4.99 Å². The highest BCUT2D eigenvalue weighted by Crippen LogP contribution is 2.06. The van der Waals surface area contributed by atoms with Gasteiger partial charge < -0.3 is 16.0 Å². The van der Waals surface area contributed by atoms with Crippen molar-refractivity contribution in [1.82, 2.24) is 16.0 Å². The average Bonchev–Trinajstić information content (AvgIpc) is 2.92. The second-order valence-electron chi connectivity index (χ2n) is 4.03. The molecule has 0 bridgehead atoms. The van der Waals surface area contributed by atoms with E-state index in [1.54, 1.807) is 11.3 Å². The molecule has 0 aromatic carbocycles. The lowest BCUT2D eigenvalue weighted by atomic mass is 10.3. The summed E-state index contributed by atoms with van der Waals surface area (Å²) in [5.74, 6) is 0.656. The van der Waals surface area contributed by atoms with Gasteiger partial charge in [0.25, 0.3) is 0 Å². The van der Waals surface area contributed by atoms with Gasteiger partial charge in [-0.05, 0) is 35.7 Å². The minimum Gasteiger partial charge on any atom is -0.357 e. The van der Waals surface area contributed by atoms with Gasteiger partial charge in [0.05, 0.1) is 13.1 Å². The highest BCUT2D eigenvalue weighted by atomic mass is 32.1. The van der Waals surface area contributed by atoms with Crippen molar-refractivity contribution in [2.45, 2.75) is 26.8 Å². The number of carbonyl (C=O) groups excluding carboxylic acids is 1. The third kappa shape index (κ3) is 6.81. The van der Waals surface area contributed by atoms with Gasteiger partial charge in [-0.2, -0.15) is 11.3 Å². The summed E-state index contributed by atoms with van der Waals surface area (Å²) in [6, 6.07) is 2.05. The van der Waals surface area contributed by atoms with Crippen LogP contribution in [0.15, 0.2) is 21.8 Å². The smallest absolute Gasteiger partial charge is 0.239 e. The molecule has 0 unspecified atom stereocenters. The maximum absolute atomic E-state index is 11.5. The number of aliphatic imine (C=N–C) groups is 1. The fourth-order valence-corrected chi connectivity index (χ4v) is 2.05. The molecule has 1 aromatic heterocycles. The molecule has 1 aromatic rings. The normalized spacial score (nSPS) is 11.2. The van der Waals surface area contributed by atoms with Gasteiger partial charge in [0.1, 0.15) is 0 Å². The predicted octanol–water partition coefficient (Wildman–Crippen LogP) is 1.33. The van der Waals surface area contributed by atoms with Gasteiger partial charge in [0, 0.05) is 13.1 Å². The molecular weight excluding hydrogens is 260 g/mol. The van der Waals surface area contributed by atoms with Gasteiger partial charge in [0.15, 0.2) is 5.96 Å². The van der Waals surface area contributed by atoms with Crippen molar-refractivity contribution in [2.75, 3.05) is 19.6 Å². The molecule has 0 aliphatic heterocycles. The molecule has 0 atom stereocenters. The zero-order chi connectivity index (χ0) is 13.9. The quantitative estimate of drug-likeness (QED) is 0.522. The third-order valence-electron chi connectivity index (χ3n) is 2.33. The highest BCUT2D eigenvalue weighted by Gasteiger charge is 2.02. The molecule has 1 heterocycles. The van der Waals surface area contributed by atoms with Crippen LogP contribution >= 0.6 is 11.3 Å². The number of amides is 1. The Morgan fingerprint density at radius 1 is 1.32 bits per heavy atom. The van der Waals surface area contributed by atoms with E-state index in [9.17, 15) is 4.79 Å². The van der Waals surface area contributed by atoms with Gasteiger partial charge in [0.2, 0.25) is 5.91 Å². The number of thiophene rings is 1. The lowest BCUT2D eigenvalue weighted by molar-refractivity contribution is -0.120. The standard InChI is InChI=1S/C13H22N4OS/c1-3-6-15-12(18)9-17-13(14-4-2)16-8-11-5-7-19-10-11/h5,7,10H,3-4,6,8-9H2,1-2H3,(H,15,18)(H2,14,16,17). The molecule has 6 heteroatoms. The Morgan fingerprint density at radius 2 is 2.16 bits per heavy atom. The van der Waals surface area contributed by atoms with E-state index in [-0.39, 0.29) is 12.5 Å². The Bertz CT molecular complexity index is 389. The summed E-state index contributed by atoms with van der Waals surface area (Å²) in [6.07, 6.45) is 0.943. The molecule has 0 aliphatic rings. The van der Waals surface area contributed by atoms with Crippen LogP contribution in [0.4, 0.5) is 0 Å². The predicted molar refractivity (Wildman–Crippen MR) is 80.4 cm³/mol. The summed E-state index contributed by atoms with van der Waals surface area (Å²) >= 11 is 1.66. The average molecular weight is 282 g/mol. The van der Waals surface area contributed by atoms with Crippen LogP contribution < -0.4 is 16.0 Å². The van der Waals surface area contributed by atoms with Crippen molar-refractivity contribution in [3.8, 4) is 0 Å². The molecule has 3 N–H and O–H groups in total. The molecule has 1 rings (SSSR count). The minimum atomic E-state index is -0.0111. The minimum absolute atomic E-state index is 0.0111. The van der Waals surface area contributed by atoms with E-state index >= 15 is 0 Å². The van der Waals surface area contributed by atoms with Gasteiger partial charge in [-0.1, -0.05) is 6.92 Å². The Balaban J connectivity index is 2.39. The van der Waals surface area contributed by atoms with Crippen molar-refractivity contribution in [3.05, 3.63) is 22.4 Å². The van der Waals surface area contributed by atoms with E-state index < -0.39 is 0 Å². The van der Waals surface area contributed by atoms with E-state index in [1.165, 1.54) is 5.56 Å². The number of hydrogen-bond donors (Lipinski definition) is 3. The van der Waals surface area contributed by atoms with Crippen LogP contribution in [0.5, 0.6) is 0 Å². The molecule has 106 valence electrons. The van der Waals surface area contributed by atoms with Gasteiger partial charge >= 0.3 is 0 Å². The Labute approximate surface area is 118 Å². The van der Waals surface area contributed by atoms with Gasteiger partial charge in [-0.15, -0.1) is 0 Å². The van der Waals surface area contributed by atoms with E-state index in [2.05, 4.69) is 26.3 Å². The van der Waals surface area contributed by atoms with E-state index in [4.69, 9.17) is 0 Å². The first-order chi connectivity index (χ1) is 9.26. The molecule has 0 fully saturated rings. The summed E-state index contributed by atoms with van der Waals surface area (Å²) in [6.45, 7) is 6.37. The molecule has 19 heavy (non-hydrogen) atoms. The van der Waals surface area contributed by atoms with Crippen LogP contribution in [0.3, 0.4) is 0 Å². The third-order valence-corrected chi connectivity index (χ3v) is 3.06. The number of carbonyl (C=O) groups is 1. The van der Waals surface area contributed by atoms with Crippen LogP contribution in [0.25, 0.3) is 0 Å². The second-order valence-corrected chi connectivity index (χ2v) is 4.81. The fourth-order valence-electron chi connectivity index (χ4n) is 1.39. The summed E-state index contributed by atoms with van der Waals surface area (Å²) in [7, 11) is 0. The molecule has 0 radical (unpaired) electrons. The number of hydrogen-bond acceptors (Lipinski definition) is 3. The summed E-state index contributed by atoms with van der Waals surface area (Å²) in [5, 5.41) is 13.1. The summed E-state index contributed by atoms with van der Waals surface area (Å²) < 4.78 is 0. The lowest BCUT2D eigenvalue weighted by Crippen LogP contribution is -2.43. The molecule has 5 nitrogen and oxygen atoms in total. The van der Waals surface area contributed by atoms with E-state index in [0.29, 0.717) is 19.0 Å². The molecule has 1 amide bonds. The number of nitrogens with one attached hydrogen (secondary N) is 3. The SMILES string of the molecule is CCCNC(=O)CNC(=NCc1ccsc1)NCC. The molecule has 0 spiro atoms. The van der Waals surface area contributed by atoms with Crippen LogP contribution in [-0.2, 0) is 11.3 Å². The van der Waals surface area contributed by atoms with Crippen LogP contribution in [0, 0.1) is 0 Å². The Morgan fingerprint density at radius 3 is 2.79 bits per heavy atom. The highest BCUT2D eigenvalue weighted by molar-refractivity contribution is 7.07. The van der Waals surface area contributed by atoms with Crippen molar-refractivity contribution in [3.63, 3.8) is 0 Å². The first kappa shape index (κ1) is 15.5. The van der Waals surface area contributed by atoms with Crippen molar-refractivity contribution < 1.29 is 4.79 Å². The van der Waals surface area contributed by atoms with Crippen molar-refractivity contribution in [2.24, 2.45) is 4.99 Å². The summed E-state index contributed by atoms with van der Waals surface area (Å²) in [5.41, 5.74) is 1.18. The Hall–Kier alpha value is -1.56. The lowest BCUT2D eigenvalue weighted by Gasteiger charge is -2.11. The first-order valence-electron chi connectivity index (χ1n) is 6.56. The number of guanidine groups is 1. The van der Waals surface area contributed by atoms with E-state index in [1.807, 2.05) is 25.3 Å². The topological polar surface area (TPSA) is 65.5 Å². The fraction of sp³-hybridized carbons (Fsp3) is 0.538. The monoisotopic (exact) mass is 282 g/mol. The van der Waals surface area contributed by atoms with E-state index in [0.717, 1.165) is 13.0 Å². The van der Waals surface area contributed by atoms with Crippen LogP contribution in [0.2, 0.25) is 0 Å². The molecule has 0 saturated heterocycles. The van der Waals surface area contributed by atoms with Crippen LogP contribution in [0.1, 0.15) is 25.8 Å². The molecule has 0 saturated carbocycles. The molecule has 0 aliphatic carbocycles. The number of rotatable bonds is 7. The largest absolute Gasteiger partial charge is 0.357 e. The zero-order valence-corrected chi connectivity index (χ0v) is 12.3. The number of nitrogens with zero attached hydrogens (tertiary/aromatic N) is 1. The van der Waals surface area contributed by atoms with Crippen molar-refractivity contribution >= 4 is 23.2 Å². The maximum Gasteiger partial charge on any atom is 0.239 e. The molecular formula is C13H22N4OS. The maximum atomic E-state index is 11.5. The van der Waals surface area contributed by atoms with Crippen molar-refractivity contribution in [1.29, 1.82) is 0 Å². The first-order valence-corrected chi connectivity index (χ1v) is 7.50. The van der Waals surface area contributed by atoms with Gasteiger partial charge in [-0.3, -0.25) is 4.79 Å². The Kier molecular flexibility index (Phi) is 7.65. The summed E-state index contributed by atoms with van der Waals surface area (Å²) in [4.78, 5) is 15.9. The van der Waals surface area contributed by atoms with Crippen LogP contribution in [-0.4, -0.2) is 31.5 Å². The second kappa shape index (κ2) is 9.38. The zero-order valence-electron chi connectivity index (χ0n) is 11.5.